The Bertz CT molecular complexity index is 435. The van der Waals surface area contributed by atoms with Crippen molar-refractivity contribution in [2.45, 2.75) is 33.1 Å². The van der Waals surface area contributed by atoms with Crippen LogP contribution in [-0.4, -0.2) is 15.9 Å². The van der Waals surface area contributed by atoms with Crippen molar-refractivity contribution in [3.63, 3.8) is 0 Å². The van der Waals surface area contributed by atoms with Gasteiger partial charge in [-0.1, -0.05) is 13.8 Å². The Hall–Kier alpha value is -1.65. The number of carbonyl (C=O) groups excluding carboxylic acids is 1. The van der Waals surface area contributed by atoms with E-state index in [9.17, 15) is 9.59 Å². The molecule has 0 unspecified atom stereocenters. The number of nitrogens with zero attached hydrogens (tertiary/aromatic N) is 1. The predicted molar refractivity (Wildman–Crippen MR) is 56.6 cm³/mol. The van der Waals surface area contributed by atoms with Crippen LogP contribution in [-0.2, 0) is 11.2 Å². The zero-order valence-electron chi connectivity index (χ0n) is 9.13. The van der Waals surface area contributed by atoms with E-state index in [2.05, 4.69) is 9.97 Å². The Balaban J connectivity index is 3.20. The molecule has 1 amide bonds. The van der Waals surface area contributed by atoms with Crippen molar-refractivity contribution in [1.29, 1.82) is 0 Å². The quantitative estimate of drug-likeness (QED) is 0.746. The van der Waals surface area contributed by atoms with Crippen LogP contribution in [0.25, 0.3) is 0 Å². The molecule has 0 aliphatic heterocycles. The molecule has 1 heterocycles. The second kappa shape index (κ2) is 4.25. The highest BCUT2D eigenvalue weighted by molar-refractivity contribution is 5.75. The number of carbonyl (C=O) groups is 1. The number of amides is 1. The average molecular weight is 209 g/mol. The summed E-state index contributed by atoms with van der Waals surface area (Å²) in [6.45, 7) is 5.61. The summed E-state index contributed by atoms with van der Waals surface area (Å²) in [5, 5.41) is 0. The number of aromatic nitrogens is 2. The van der Waals surface area contributed by atoms with Gasteiger partial charge in [0.25, 0.3) is 5.56 Å². The van der Waals surface area contributed by atoms with Crippen molar-refractivity contribution in [3.05, 3.63) is 27.4 Å². The lowest BCUT2D eigenvalue weighted by atomic mass is 10.0. The zero-order valence-corrected chi connectivity index (χ0v) is 9.13. The maximum Gasteiger partial charge on any atom is 0.254 e. The Labute approximate surface area is 87.7 Å². The smallest absolute Gasteiger partial charge is 0.254 e. The van der Waals surface area contributed by atoms with Gasteiger partial charge in [-0.3, -0.25) is 9.59 Å². The number of aromatic amines is 1. The van der Waals surface area contributed by atoms with Crippen LogP contribution >= 0.6 is 0 Å². The van der Waals surface area contributed by atoms with E-state index in [0.29, 0.717) is 17.1 Å². The topological polar surface area (TPSA) is 88.8 Å². The molecule has 0 atom stereocenters. The lowest BCUT2D eigenvalue weighted by Crippen LogP contribution is -2.23. The molecule has 0 bridgehead atoms. The Morgan fingerprint density at radius 1 is 1.53 bits per heavy atom. The highest BCUT2D eigenvalue weighted by atomic mass is 16.1. The van der Waals surface area contributed by atoms with Crippen LogP contribution in [0.1, 0.15) is 36.8 Å². The molecule has 0 spiro atoms. The van der Waals surface area contributed by atoms with E-state index in [4.69, 9.17) is 5.73 Å². The summed E-state index contributed by atoms with van der Waals surface area (Å²) in [7, 11) is 0. The Morgan fingerprint density at radius 2 is 2.13 bits per heavy atom. The normalized spacial score (nSPS) is 10.7. The van der Waals surface area contributed by atoms with Crippen molar-refractivity contribution in [1.82, 2.24) is 9.97 Å². The molecular weight excluding hydrogens is 194 g/mol. The van der Waals surface area contributed by atoms with Gasteiger partial charge in [0.05, 0.1) is 6.42 Å². The molecule has 1 aromatic rings. The number of primary amides is 1. The average Bonchev–Trinajstić information content (AvgIpc) is 1.99. The van der Waals surface area contributed by atoms with Crippen LogP contribution < -0.4 is 11.3 Å². The van der Waals surface area contributed by atoms with Gasteiger partial charge in [-0.15, -0.1) is 0 Å². The minimum Gasteiger partial charge on any atom is -0.369 e. The fraction of sp³-hybridized carbons (Fsp3) is 0.500. The second-order valence-electron chi connectivity index (χ2n) is 3.81. The van der Waals surface area contributed by atoms with Crippen LogP contribution in [0.2, 0.25) is 0 Å². The van der Waals surface area contributed by atoms with Crippen LogP contribution in [0.5, 0.6) is 0 Å². The van der Waals surface area contributed by atoms with Crippen LogP contribution in [0.15, 0.2) is 4.79 Å². The molecule has 0 aliphatic carbocycles. The second-order valence-corrected chi connectivity index (χ2v) is 3.81. The molecule has 0 fully saturated rings. The third-order valence-corrected chi connectivity index (χ3v) is 2.11. The first-order valence-electron chi connectivity index (χ1n) is 4.79. The van der Waals surface area contributed by atoms with Crippen LogP contribution in [0.4, 0.5) is 0 Å². The first-order valence-corrected chi connectivity index (χ1v) is 4.79. The summed E-state index contributed by atoms with van der Waals surface area (Å²) >= 11 is 0. The number of rotatable bonds is 3. The fourth-order valence-electron chi connectivity index (χ4n) is 1.58. The van der Waals surface area contributed by atoms with Crippen molar-refractivity contribution in [2.24, 2.45) is 5.73 Å². The van der Waals surface area contributed by atoms with Crippen molar-refractivity contribution >= 4 is 5.91 Å². The molecule has 1 aromatic heterocycles. The maximum atomic E-state index is 11.6. The molecule has 0 aliphatic rings. The maximum absolute atomic E-state index is 11.6. The molecule has 5 heteroatoms. The number of H-pyrrole nitrogens is 1. The molecule has 1 rings (SSSR count). The molecule has 0 aromatic carbocycles. The highest BCUT2D eigenvalue weighted by Crippen LogP contribution is 2.11. The molecule has 82 valence electrons. The Kier molecular flexibility index (Phi) is 3.24. The largest absolute Gasteiger partial charge is 0.369 e. The van der Waals surface area contributed by atoms with Crippen molar-refractivity contribution in [2.75, 3.05) is 0 Å². The van der Waals surface area contributed by atoms with E-state index in [1.807, 2.05) is 13.8 Å². The summed E-state index contributed by atoms with van der Waals surface area (Å²) in [6, 6.07) is 0. The molecule has 0 radical (unpaired) electrons. The summed E-state index contributed by atoms with van der Waals surface area (Å²) in [4.78, 5) is 29.0. The van der Waals surface area contributed by atoms with E-state index >= 15 is 0 Å². The van der Waals surface area contributed by atoms with Gasteiger partial charge in [-0.05, 0) is 12.8 Å². The number of hydrogen-bond donors (Lipinski definition) is 2. The van der Waals surface area contributed by atoms with E-state index in [0.717, 1.165) is 0 Å². The SMILES string of the molecule is Cc1nc(CC(N)=O)[nH]c(=O)c1C(C)C. The number of aryl methyl sites for hydroxylation is 1. The van der Waals surface area contributed by atoms with Gasteiger partial charge in [0.1, 0.15) is 5.82 Å². The molecule has 0 saturated carbocycles. The van der Waals surface area contributed by atoms with Gasteiger partial charge in [-0.25, -0.2) is 4.98 Å². The minimum absolute atomic E-state index is 0.0333. The fourth-order valence-corrected chi connectivity index (χ4v) is 1.58. The summed E-state index contributed by atoms with van der Waals surface area (Å²) in [5.41, 5.74) is 6.15. The first kappa shape index (κ1) is 11.4. The van der Waals surface area contributed by atoms with E-state index < -0.39 is 5.91 Å². The van der Waals surface area contributed by atoms with E-state index in [-0.39, 0.29) is 17.9 Å². The number of hydrogen-bond acceptors (Lipinski definition) is 3. The monoisotopic (exact) mass is 209 g/mol. The lowest BCUT2D eigenvalue weighted by Gasteiger charge is -2.08. The van der Waals surface area contributed by atoms with Gasteiger partial charge in [0, 0.05) is 11.3 Å². The van der Waals surface area contributed by atoms with Gasteiger partial charge >= 0.3 is 0 Å². The van der Waals surface area contributed by atoms with Crippen LogP contribution in [0, 0.1) is 6.92 Å². The minimum atomic E-state index is -0.505. The molecular formula is C10H15N3O2. The molecule has 3 N–H and O–H groups in total. The molecule has 0 saturated heterocycles. The molecule has 5 nitrogen and oxygen atoms in total. The van der Waals surface area contributed by atoms with Crippen molar-refractivity contribution in [3.8, 4) is 0 Å². The predicted octanol–water partition coefficient (Wildman–Crippen LogP) is 0.230. The standard InChI is InChI=1S/C10H15N3O2/c1-5(2)9-6(3)12-8(4-7(11)14)13-10(9)15/h5H,4H2,1-3H3,(H2,11,14)(H,12,13,15). The summed E-state index contributed by atoms with van der Waals surface area (Å²) in [5.74, 6) is -0.0619. The first-order chi connectivity index (χ1) is 6.91. The summed E-state index contributed by atoms with van der Waals surface area (Å²) < 4.78 is 0. The zero-order chi connectivity index (χ0) is 11.6. The van der Waals surface area contributed by atoms with Gasteiger partial charge in [-0.2, -0.15) is 0 Å². The number of nitrogens with one attached hydrogen (secondary N) is 1. The third kappa shape index (κ3) is 2.65. The van der Waals surface area contributed by atoms with Crippen LogP contribution in [0.3, 0.4) is 0 Å². The van der Waals surface area contributed by atoms with Crippen molar-refractivity contribution < 1.29 is 4.79 Å². The van der Waals surface area contributed by atoms with E-state index in [1.165, 1.54) is 0 Å². The lowest BCUT2D eigenvalue weighted by molar-refractivity contribution is -0.117. The summed E-state index contributed by atoms with van der Waals surface area (Å²) in [6.07, 6.45) is -0.0333. The van der Waals surface area contributed by atoms with Gasteiger partial charge in [0.15, 0.2) is 0 Å². The Morgan fingerprint density at radius 3 is 2.53 bits per heavy atom. The third-order valence-electron chi connectivity index (χ3n) is 2.11. The van der Waals surface area contributed by atoms with Gasteiger partial charge in [0.2, 0.25) is 5.91 Å². The van der Waals surface area contributed by atoms with Gasteiger partial charge < -0.3 is 10.7 Å². The van der Waals surface area contributed by atoms with E-state index in [1.54, 1.807) is 6.92 Å². The number of nitrogens with two attached hydrogens (primary N) is 1. The molecule has 15 heavy (non-hydrogen) atoms. The highest BCUT2D eigenvalue weighted by Gasteiger charge is 2.12.